The first-order chi connectivity index (χ1) is 14.2. The smallest absolute Gasteiger partial charge is 0.236 e. The highest BCUT2D eigenvalue weighted by Gasteiger charge is 2.30. The molecule has 0 fully saturated rings. The number of amides is 1. The third-order valence-electron chi connectivity index (χ3n) is 5.20. The summed E-state index contributed by atoms with van der Waals surface area (Å²) in [6.07, 6.45) is 6.81. The zero-order valence-corrected chi connectivity index (χ0v) is 17.5. The summed E-state index contributed by atoms with van der Waals surface area (Å²) in [6.45, 7) is 2.07. The largest absolute Gasteiger partial charge is 0.495 e. The van der Waals surface area contributed by atoms with Gasteiger partial charge in [-0.1, -0.05) is 54.1 Å². The zero-order chi connectivity index (χ0) is 20.2. The van der Waals surface area contributed by atoms with E-state index < -0.39 is 0 Å². The van der Waals surface area contributed by atoms with Gasteiger partial charge in [-0.2, -0.15) is 0 Å². The molecule has 29 heavy (non-hydrogen) atoms. The number of rotatable bonds is 5. The van der Waals surface area contributed by atoms with Crippen molar-refractivity contribution >= 4 is 28.1 Å². The summed E-state index contributed by atoms with van der Waals surface area (Å²) in [7, 11) is 1.63. The summed E-state index contributed by atoms with van der Waals surface area (Å²) < 4.78 is 5.56. The molecule has 5 heteroatoms. The van der Waals surface area contributed by atoms with E-state index in [1.54, 1.807) is 12.0 Å². The Kier molecular flexibility index (Phi) is 5.76. The lowest BCUT2D eigenvalue weighted by Crippen LogP contribution is -2.33. The van der Waals surface area contributed by atoms with Gasteiger partial charge < -0.3 is 4.74 Å². The second kappa shape index (κ2) is 8.62. The Balaban J connectivity index is 1.75. The fraction of sp³-hybridized carbons (Fsp3) is 0.250. The Bertz CT molecular complexity index is 1020. The number of benzene rings is 2. The lowest BCUT2D eigenvalue weighted by molar-refractivity contribution is -0.121. The van der Waals surface area contributed by atoms with E-state index in [4.69, 9.17) is 9.72 Å². The van der Waals surface area contributed by atoms with Crippen LogP contribution < -0.4 is 9.64 Å². The molecule has 1 aliphatic carbocycles. The molecule has 4 nitrogen and oxygen atoms in total. The number of ether oxygens (including phenoxy) is 1. The minimum absolute atomic E-state index is 0.0448. The SMILES string of the molecule is COc1ccccc1N(C(=O)[C@@H]1CC=CCC1)c1nc(-c2ccc(C)cc2)cs1. The first kappa shape index (κ1) is 19.4. The lowest BCUT2D eigenvalue weighted by Gasteiger charge is -2.27. The standard InChI is InChI=1S/C24H24N2O2S/c1-17-12-14-18(15-13-17)20-16-29-24(25-20)26(21-10-6-7-11-22(21)28-2)23(27)19-8-4-3-5-9-19/h3-4,6-7,10-16,19H,5,8-9H2,1-2H3/t19-/m1/s1. The van der Waals surface area contributed by atoms with Crippen LogP contribution in [0.2, 0.25) is 0 Å². The number of allylic oxidation sites excluding steroid dienone is 2. The molecule has 0 aliphatic heterocycles. The number of aromatic nitrogens is 1. The molecule has 0 saturated heterocycles. The molecule has 1 heterocycles. The predicted molar refractivity (Wildman–Crippen MR) is 119 cm³/mol. The number of hydrogen-bond donors (Lipinski definition) is 0. The van der Waals surface area contributed by atoms with Crippen LogP contribution in [0.15, 0.2) is 66.1 Å². The molecule has 0 unspecified atom stereocenters. The van der Waals surface area contributed by atoms with Crippen LogP contribution in [0, 0.1) is 12.8 Å². The Morgan fingerprint density at radius 3 is 2.66 bits per heavy atom. The van der Waals surface area contributed by atoms with Gasteiger partial charge >= 0.3 is 0 Å². The highest BCUT2D eigenvalue weighted by Crippen LogP contribution is 2.39. The fourth-order valence-electron chi connectivity index (χ4n) is 3.55. The molecule has 0 bridgehead atoms. The molecule has 0 N–H and O–H groups in total. The quantitative estimate of drug-likeness (QED) is 0.479. The molecule has 3 aromatic rings. The van der Waals surface area contributed by atoms with E-state index in [-0.39, 0.29) is 11.8 Å². The van der Waals surface area contributed by atoms with Crippen molar-refractivity contribution in [3.8, 4) is 17.0 Å². The van der Waals surface area contributed by atoms with Crippen molar-refractivity contribution in [1.29, 1.82) is 0 Å². The van der Waals surface area contributed by atoms with Crippen molar-refractivity contribution in [3.63, 3.8) is 0 Å². The third-order valence-corrected chi connectivity index (χ3v) is 6.02. The number of nitrogens with zero attached hydrogens (tertiary/aromatic N) is 2. The van der Waals surface area contributed by atoms with Gasteiger partial charge in [-0.05, 0) is 38.3 Å². The molecule has 148 valence electrons. The molecule has 2 aromatic carbocycles. The van der Waals surface area contributed by atoms with Crippen LogP contribution >= 0.6 is 11.3 Å². The van der Waals surface area contributed by atoms with E-state index in [1.165, 1.54) is 16.9 Å². The minimum atomic E-state index is -0.0448. The fourth-order valence-corrected chi connectivity index (χ4v) is 4.41. The summed E-state index contributed by atoms with van der Waals surface area (Å²) in [6, 6.07) is 15.9. The van der Waals surface area contributed by atoms with E-state index in [9.17, 15) is 4.79 Å². The molecule has 0 spiro atoms. The van der Waals surface area contributed by atoms with Crippen LogP contribution in [0.4, 0.5) is 10.8 Å². The van der Waals surface area contributed by atoms with Crippen molar-refractivity contribution < 1.29 is 9.53 Å². The van der Waals surface area contributed by atoms with E-state index in [0.29, 0.717) is 10.9 Å². The van der Waals surface area contributed by atoms with Crippen molar-refractivity contribution in [2.75, 3.05) is 12.0 Å². The van der Waals surface area contributed by atoms with Crippen LogP contribution in [-0.4, -0.2) is 18.0 Å². The average Bonchev–Trinajstić information content (AvgIpc) is 3.25. The second-order valence-corrected chi connectivity index (χ2v) is 8.04. The summed E-state index contributed by atoms with van der Waals surface area (Å²) in [5.41, 5.74) is 3.87. The van der Waals surface area contributed by atoms with Gasteiger partial charge in [-0.3, -0.25) is 9.69 Å². The van der Waals surface area contributed by atoms with E-state index in [2.05, 4.69) is 43.3 Å². The Morgan fingerprint density at radius 1 is 1.14 bits per heavy atom. The van der Waals surface area contributed by atoms with Gasteiger partial charge in [0.25, 0.3) is 0 Å². The van der Waals surface area contributed by atoms with Gasteiger partial charge in [0.2, 0.25) is 5.91 Å². The van der Waals surface area contributed by atoms with E-state index in [1.807, 2.05) is 29.6 Å². The second-order valence-electron chi connectivity index (χ2n) is 7.21. The molecular weight excluding hydrogens is 380 g/mol. The highest BCUT2D eigenvalue weighted by molar-refractivity contribution is 7.14. The molecule has 1 aromatic heterocycles. The molecular formula is C24H24N2O2S. The number of para-hydroxylation sites is 2. The number of carbonyl (C=O) groups is 1. The van der Waals surface area contributed by atoms with Gasteiger partial charge in [0.15, 0.2) is 5.13 Å². The number of anilines is 2. The van der Waals surface area contributed by atoms with Crippen molar-refractivity contribution in [1.82, 2.24) is 4.98 Å². The Labute approximate surface area is 175 Å². The summed E-state index contributed by atoms with van der Waals surface area (Å²) in [5, 5.41) is 2.68. The monoisotopic (exact) mass is 404 g/mol. The van der Waals surface area contributed by atoms with Crippen molar-refractivity contribution in [2.24, 2.45) is 5.92 Å². The maximum absolute atomic E-state index is 13.6. The van der Waals surface area contributed by atoms with Crippen molar-refractivity contribution in [2.45, 2.75) is 26.2 Å². The van der Waals surface area contributed by atoms with Crippen LogP contribution in [0.1, 0.15) is 24.8 Å². The topological polar surface area (TPSA) is 42.4 Å². The molecule has 0 saturated carbocycles. The summed E-state index contributed by atoms with van der Waals surface area (Å²) in [5.74, 6) is 0.694. The van der Waals surface area contributed by atoms with Crippen LogP contribution in [0.3, 0.4) is 0 Å². The van der Waals surface area contributed by atoms with Gasteiger partial charge in [0.05, 0.1) is 18.5 Å². The van der Waals surface area contributed by atoms with Gasteiger partial charge in [0, 0.05) is 16.9 Å². The zero-order valence-electron chi connectivity index (χ0n) is 16.7. The number of thiazole rings is 1. The first-order valence-electron chi connectivity index (χ1n) is 9.82. The molecule has 1 aliphatic rings. The van der Waals surface area contributed by atoms with Crippen LogP contribution in [-0.2, 0) is 4.79 Å². The van der Waals surface area contributed by atoms with Crippen LogP contribution in [0.25, 0.3) is 11.3 Å². The molecule has 0 radical (unpaired) electrons. The Hall–Kier alpha value is -2.92. The Morgan fingerprint density at radius 2 is 1.93 bits per heavy atom. The number of carbonyl (C=O) groups excluding carboxylic acids is 1. The number of hydrogen-bond acceptors (Lipinski definition) is 4. The molecule has 1 atom stereocenters. The molecule has 4 rings (SSSR count). The van der Waals surface area contributed by atoms with E-state index >= 15 is 0 Å². The van der Waals surface area contributed by atoms with E-state index in [0.717, 1.165) is 36.2 Å². The summed E-state index contributed by atoms with van der Waals surface area (Å²) in [4.78, 5) is 20.1. The maximum atomic E-state index is 13.6. The highest BCUT2D eigenvalue weighted by atomic mass is 32.1. The van der Waals surface area contributed by atoms with Gasteiger partial charge in [0.1, 0.15) is 5.75 Å². The lowest BCUT2D eigenvalue weighted by atomic mass is 9.93. The summed E-state index contributed by atoms with van der Waals surface area (Å²) >= 11 is 1.48. The normalized spacial score (nSPS) is 15.9. The number of methoxy groups -OCH3 is 1. The number of aryl methyl sites for hydroxylation is 1. The predicted octanol–water partition coefficient (Wildman–Crippen LogP) is 6.15. The van der Waals surface area contributed by atoms with Crippen LogP contribution in [0.5, 0.6) is 5.75 Å². The minimum Gasteiger partial charge on any atom is -0.495 e. The third kappa shape index (κ3) is 4.10. The average molecular weight is 405 g/mol. The first-order valence-corrected chi connectivity index (χ1v) is 10.7. The van der Waals surface area contributed by atoms with Crippen molar-refractivity contribution in [3.05, 3.63) is 71.6 Å². The van der Waals surface area contributed by atoms with Gasteiger partial charge in [-0.15, -0.1) is 11.3 Å². The maximum Gasteiger partial charge on any atom is 0.236 e. The van der Waals surface area contributed by atoms with Gasteiger partial charge in [-0.25, -0.2) is 4.98 Å². The molecule has 1 amide bonds.